The number of hydrogen-bond acceptors (Lipinski definition) is 3. The Morgan fingerprint density at radius 3 is 2.28 bits per heavy atom. The quantitative estimate of drug-likeness (QED) is 0.723. The van der Waals surface area contributed by atoms with Gasteiger partial charge in [0.2, 0.25) is 0 Å². The highest BCUT2D eigenvalue weighted by atomic mass is 35.5. The molecule has 102 valence electrons. The number of hydrogen-bond donors (Lipinski definition) is 0. The molecule has 1 heterocycles. The molecule has 0 atom stereocenters. The van der Waals surface area contributed by atoms with Gasteiger partial charge in [0.05, 0.1) is 0 Å². The van der Waals surface area contributed by atoms with Crippen molar-refractivity contribution in [2.24, 2.45) is 0 Å². The van der Waals surface area contributed by atoms with Crippen molar-refractivity contribution in [3.8, 4) is 0 Å². The van der Waals surface area contributed by atoms with Crippen molar-refractivity contribution in [3.63, 3.8) is 0 Å². The summed E-state index contributed by atoms with van der Waals surface area (Å²) in [5.74, 6) is 1.04. The maximum atomic E-state index is 6.11. The fraction of sp³-hybridized carbons (Fsp3) is 0.714. The van der Waals surface area contributed by atoms with Crippen molar-refractivity contribution < 1.29 is 4.74 Å². The van der Waals surface area contributed by atoms with Gasteiger partial charge in [-0.25, -0.2) is 9.97 Å². The van der Waals surface area contributed by atoms with E-state index in [9.17, 15) is 0 Å². The first kappa shape index (κ1) is 15.4. The maximum Gasteiger partial charge on any atom is 0.162 e. The Kier molecular flexibility index (Phi) is 5.54. The Balaban J connectivity index is 3.27. The molecule has 1 aromatic heterocycles. The molecule has 0 saturated carbocycles. The summed E-state index contributed by atoms with van der Waals surface area (Å²) in [6.45, 7) is 11.0. The largest absolute Gasteiger partial charge is 0.367 e. The summed E-state index contributed by atoms with van der Waals surface area (Å²) in [7, 11) is 0. The van der Waals surface area contributed by atoms with Crippen LogP contribution in [0.1, 0.15) is 64.9 Å². The molecule has 1 rings (SSSR count). The Morgan fingerprint density at radius 2 is 1.83 bits per heavy atom. The highest BCUT2D eigenvalue weighted by Gasteiger charge is 2.33. The summed E-state index contributed by atoms with van der Waals surface area (Å²) in [4.78, 5) is 9.02. The van der Waals surface area contributed by atoms with Crippen LogP contribution in [0.4, 0.5) is 0 Å². The van der Waals surface area contributed by atoms with E-state index in [0.29, 0.717) is 23.5 Å². The Labute approximate surface area is 115 Å². The third kappa shape index (κ3) is 3.21. The minimum absolute atomic E-state index is 0.331. The molecule has 1 aromatic rings. The second kappa shape index (κ2) is 6.48. The van der Waals surface area contributed by atoms with Gasteiger partial charge in [-0.1, -0.05) is 39.3 Å². The lowest BCUT2D eigenvalue weighted by molar-refractivity contribution is -0.0573. The van der Waals surface area contributed by atoms with Gasteiger partial charge < -0.3 is 4.74 Å². The number of ether oxygens (including phenoxy) is 1. The monoisotopic (exact) mass is 270 g/mol. The summed E-state index contributed by atoms with van der Waals surface area (Å²) in [5.41, 5.74) is 0.555. The Hall–Kier alpha value is -0.670. The second-order valence-corrected chi connectivity index (χ2v) is 5.12. The lowest BCUT2D eigenvalue weighted by atomic mass is 9.95. The zero-order valence-electron chi connectivity index (χ0n) is 12.0. The fourth-order valence-corrected chi connectivity index (χ4v) is 2.24. The van der Waals surface area contributed by atoms with Gasteiger partial charge in [0.1, 0.15) is 10.8 Å². The molecule has 0 fully saturated rings. The van der Waals surface area contributed by atoms with Crippen LogP contribution in [-0.4, -0.2) is 16.6 Å². The van der Waals surface area contributed by atoms with E-state index < -0.39 is 5.60 Å². The van der Waals surface area contributed by atoms with Crippen LogP contribution in [0.15, 0.2) is 6.07 Å². The molecular weight excluding hydrogens is 248 g/mol. The molecule has 0 aromatic carbocycles. The first-order chi connectivity index (χ1) is 8.49. The lowest BCUT2D eigenvalue weighted by Gasteiger charge is -2.30. The van der Waals surface area contributed by atoms with Crippen LogP contribution in [-0.2, 0) is 10.3 Å². The maximum absolute atomic E-state index is 6.11. The topological polar surface area (TPSA) is 35.0 Å². The molecule has 0 N–H and O–H groups in total. The fourth-order valence-electron chi connectivity index (χ4n) is 2.05. The Bertz CT molecular complexity index is 389. The second-order valence-electron chi connectivity index (χ2n) is 4.73. The van der Waals surface area contributed by atoms with Crippen molar-refractivity contribution in [1.29, 1.82) is 0 Å². The van der Waals surface area contributed by atoms with Gasteiger partial charge in [0, 0.05) is 12.3 Å². The van der Waals surface area contributed by atoms with Crippen LogP contribution in [0, 0.1) is 0 Å². The number of rotatable bonds is 6. The predicted octanol–water partition coefficient (Wildman–Crippen LogP) is 4.31. The highest BCUT2D eigenvalue weighted by molar-refractivity contribution is 6.29. The molecule has 0 aliphatic rings. The van der Waals surface area contributed by atoms with E-state index in [0.717, 1.165) is 18.5 Å². The van der Waals surface area contributed by atoms with E-state index in [1.807, 2.05) is 13.0 Å². The molecule has 0 unspecified atom stereocenters. The van der Waals surface area contributed by atoms with Crippen LogP contribution in [0.5, 0.6) is 0 Å². The molecule has 0 spiro atoms. The van der Waals surface area contributed by atoms with Crippen molar-refractivity contribution in [1.82, 2.24) is 9.97 Å². The van der Waals surface area contributed by atoms with Crippen molar-refractivity contribution >= 4 is 11.6 Å². The van der Waals surface area contributed by atoms with Gasteiger partial charge in [-0.3, -0.25) is 0 Å². The van der Waals surface area contributed by atoms with Gasteiger partial charge in [0.15, 0.2) is 5.82 Å². The van der Waals surface area contributed by atoms with Crippen molar-refractivity contribution in [2.45, 2.75) is 59.0 Å². The van der Waals surface area contributed by atoms with Crippen LogP contribution < -0.4 is 0 Å². The third-order valence-corrected chi connectivity index (χ3v) is 3.47. The SMILES string of the molecule is CCOC(CC)(CC)c1nc(Cl)cc(C(C)C)n1. The molecule has 0 aliphatic carbocycles. The first-order valence-electron chi connectivity index (χ1n) is 6.68. The van der Waals surface area contributed by atoms with E-state index in [1.165, 1.54) is 0 Å². The molecule has 0 aliphatic heterocycles. The molecule has 3 nitrogen and oxygen atoms in total. The van der Waals surface area contributed by atoms with Gasteiger partial charge in [0.25, 0.3) is 0 Å². The number of aromatic nitrogens is 2. The third-order valence-electron chi connectivity index (χ3n) is 3.28. The van der Waals surface area contributed by atoms with Gasteiger partial charge in [-0.2, -0.15) is 0 Å². The highest BCUT2D eigenvalue weighted by Crippen LogP contribution is 2.32. The molecule has 0 bridgehead atoms. The van der Waals surface area contributed by atoms with E-state index in [1.54, 1.807) is 0 Å². The van der Waals surface area contributed by atoms with E-state index >= 15 is 0 Å². The van der Waals surface area contributed by atoms with Crippen molar-refractivity contribution in [2.75, 3.05) is 6.61 Å². The van der Waals surface area contributed by atoms with Crippen LogP contribution in [0.25, 0.3) is 0 Å². The van der Waals surface area contributed by atoms with Gasteiger partial charge in [-0.05, 0) is 31.7 Å². The minimum Gasteiger partial charge on any atom is -0.367 e. The lowest BCUT2D eigenvalue weighted by Crippen LogP contribution is -2.31. The summed E-state index contributed by atoms with van der Waals surface area (Å²) < 4.78 is 5.92. The average molecular weight is 271 g/mol. The zero-order chi connectivity index (χ0) is 13.8. The van der Waals surface area contributed by atoms with Crippen molar-refractivity contribution in [3.05, 3.63) is 22.7 Å². The smallest absolute Gasteiger partial charge is 0.162 e. The first-order valence-corrected chi connectivity index (χ1v) is 7.05. The van der Waals surface area contributed by atoms with Crippen LogP contribution in [0.2, 0.25) is 5.15 Å². The van der Waals surface area contributed by atoms with E-state index in [4.69, 9.17) is 16.3 Å². The normalized spacial score (nSPS) is 12.2. The molecular formula is C14H23ClN2O. The standard InChI is InChI=1S/C14H23ClN2O/c1-6-14(7-2,18-8-3)13-16-11(10(4)5)9-12(15)17-13/h9-10H,6-8H2,1-5H3. The summed E-state index contributed by atoms with van der Waals surface area (Å²) in [5, 5.41) is 0.495. The van der Waals surface area contributed by atoms with Crippen LogP contribution >= 0.6 is 11.6 Å². The minimum atomic E-state index is -0.413. The molecule has 4 heteroatoms. The van der Waals surface area contributed by atoms with Gasteiger partial charge >= 0.3 is 0 Å². The van der Waals surface area contributed by atoms with E-state index in [-0.39, 0.29) is 0 Å². The summed E-state index contributed by atoms with van der Waals surface area (Å²) in [6.07, 6.45) is 1.68. The molecule has 0 amide bonds. The zero-order valence-corrected chi connectivity index (χ0v) is 12.7. The summed E-state index contributed by atoms with van der Waals surface area (Å²) >= 11 is 6.11. The predicted molar refractivity (Wildman–Crippen MR) is 75.0 cm³/mol. The molecule has 0 saturated heterocycles. The van der Waals surface area contributed by atoms with Crippen LogP contribution in [0.3, 0.4) is 0 Å². The average Bonchev–Trinajstić information content (AvgIpc) is 2.35. The Morgan fingerprint density at radius 1 is 1.22 bits per heavy atom. The number of nitrogens with zero attached hydrogens (tertiary/aromatic N) is 2. The van der Waals surface area contributed by atoms with Gasteiger partial charge in [-0.15, -0.1) is 0 Å². The number of halogens is 1. The molecule has 0 radical (unpaired) electrons. The van der Waals surface area contributed by atoms with E-state index in [2.05, 4.69) is 37.7 Å². The molecule has 18 heavy (non-hydrogen) atoms. The summed E-state index contributed by atoms with van der Waals surface area (Å²) in [6, 6.07) is 1.83.